The Morgan fingerprint density at radius 1 is 1.14 bits per heavy atom. The largest absolute Gasteiger partial charge is 0.416 e. The molecule has 0 aliphatic rings. The van der Waals surface area contributed by atoms with Gasteiger partial charge in [0.2, 0.25) is 15.9 Å². The molecule has 0 bridgehead atoms. The van der Waals surface area contributed by atoms with Crippen molar-refractivity contribution < 1.29 is 26.4 Å². The van der Waals surface area contributed by atoms with Crippen LogP contribution in [0.25, 0.3) is 0 Å². The Morgan fingerprint density at radius 3 is 2.32 bits per heavy atom. The fraction of sp³-hybridized carbons (Fsp3) is 0.316. The van der Waals surface area contributed by atoms with E-state index in [9.17, 15) is 26.4 Å². The average molecular weight is 414 g/mol. The van der Waals surface area contributed by atoms with E-state index in [1.807, 2.05) is 31.2 Å². The zero-order valence-electron chi connectivity index (χ0n) is 15.6. The van der Waals surface area contributed by atoms with Crippen LogP contribution in [0.2, 0.25) is 0 Å². The maximum atomic E-state index is 12.8. The lowest BCUT2D eigenvalue weighted by Crippen LogP contribution is -2.45. The molecule has 9 heteroatoms. The summed E-state index contributed by atoms with van der Waals surface area (Å²) >= 11 is 0. The van der Waals surface area contributed by atoms with E-state index in [2.05, 4.69) is 4.72 Å². The highest BCUT2D eigenvalue weighted by atomic mass is 32.2. The Kier molecular flexibility index (Phi) is 6.51. The fourth-order valence-corrected chi connectivity index (χ4v) is 3.81. The van der Waals surface area contributed by atoms with Crippen LogP contribution in [0, 0.1) is 6.92 Å². The van der Waals surface area contributed by atoms with Gasteiger partial charge in [0.15, 0.2) is 0 Å². The predicted octanol–water partition coefficient (Wildman–Crippen LogP) is 3.34. The molecule has 0 saturated carbocycles. The number of aryl methyl sites for hydroxylation is 1. The summed E-state index contributed by atoms with van der Waals surface area (Å²) in [4.78, 5) is 13.3. The van der Waals surface area contributed by atoms with Crippen molar-refractivity contribution in [1.82, 2.24) is 9.62 Å². The number of sulfonamides is 1. The van der Waals surface area contributed by atoms with Crippen LogP contribution < -0.4 is 4.72 Å². The molecule has 0 spiro atoms. The van der Waals surface area contributed by atoms with Crippen molar-refractivity contribution in [1.29, 1.82) is 0 Å². The number of amides is 1. The first-order valence-corrected chi connectivity index (χ1v) is 9.88. The lowest BCUT2D eigenvalue weighted by atomic mass is 10.1. The molecule has 5 nitrogen and oxygen atoms in total. The number of hydrogen-bond donors (Lipinski definition) is 1. The molecule has 1 N–H and O–H groups in total. The first-order chi connectivity index (χ1) is 12.9. The number of nitrogens with one attached hydrogen (secondary N) is 1. The molecule has 0 saturated heterocycles. The maximum Gasteiger partial charge on any atom is 0.416 e. The Hall–Kier alpha value is -2.39. The first-order valence-electron chi connectivity index (χ1n) is 8.40. The molecular formula is C19H21F3N2O3S. The first kappa shape index (κ1) is 21.9. The average Bonchev–Trinajstić information content (AvgIpc) is 2.62. The van der Waals surface area contributed by atoms with E-state index >= 15 is 0 Å². The molecule has 0 radical (unpaired) electrons. The van der Waals surface area contributed by atoms with Crippen LogP contribution in [-0.2, 0) is 27.5 Å². The van der Waals surface area contributed by atoms with Gasteiger partial charge >= 0.3 is 6.18 Å². The van der Waals surface area contributed by atoms with E-state index < -0.39 is 38.6 Å². The third kappa shape index (κ3) is 5.56. The zero-order valence-corrected chi connectivity index (χ0v) is 16.4. The van der Waals surface area contributed by atoms with Crippen molar-refractivity contribution in [3.63, 3.8) is 0 Å². The predicted molar refractivity (Wildman–Crippen MR) is 98.9 cm³/mol. The monoisotopic (exact) mass is 414 g/mol. The van der Waals surface area contributed by atoms with E-state index in [0.717, 1.165) is 29.3 Å². The highest BCUT2D eigenvalue weighted by molar-refractivity contribution is 7.89. The lowest BCUT2D eigenvalue weighted by Gasteiger charge is -2.22. The number of carbonyl (C=O) groups is 1. The third-order valence-electron chi connectivity index (χ3n) is 4.09. The topological polar surface area (TPSA) is 66.5 Å². The van der Waals surface area contributed by atoms with Gasteiger partial charge in [0.05, 0.1) is 16.5 Å². The maximum absolute atomic E-state index is 12.8. The van der Waals surface area contributed by atoms with Crippen molar-refractivity contribution in [3.8, 4) is 0 Å². The van der Waals surface area contributed by atoms with Crippen LogP contribution >= 0.6 is 0 Å². The summed E-state index contributed by atoms with van der Waals surface area (Å²) in [6.07, 6.45) is -4.67. The van der Waals surface area contributed by atoms with E-state index in [1.165, 1.54) is 18.9 Å². The molecule has 0 aliphatic heterocycles. The molecule has 2 aromatic rings. The second-order valence-corrected chi connectivity index (χ2v) is 8.26. The summed E-state index contributed by atoms with van der Waals surface area (Å²) in [5, 5.41) is 0. The molecule has 0 heterocycles. The highest BCUT2D eigenvalue weighted by Crippen LogP contribution is 2.30. The Bertz CT molecular complexity index is 942. The van der Waals surface area contributed by atoms with Crippen molar-refractivity contribution in [3.05, 3.63) is 65.2 Å². The Labute approximate surface area is 162 Å². The summed E-state index contributed by atoms with van der Waals surface area (Å²) in [5.41, 5.74) is 0.861. The van der Waals surface area contributed by atoms with E-state index in [1.54, 1.807) is 0 Å². The van der Waals surface area contributed by atoms with Crippen molar-refractivity contribution >= 4 is 15.9 Å². The van der Waals surface area contributed by atoms with Gasteiger partial charge in [0.1, 0.15) is 0 Å². The molecule has 1 unspecified atom stereocenters. The molecule has 1 amide bonds. The number of hydrogen-bond acceptors (Lipinski definition) is 3. The molecule has 1 atom stereocenters. The summed E-state index contributed by atoms with van der Waals surface area (Å²) in [5.74, 6) is -0.504. The fourth-order valence-electron chi connectivity index (χ4n) is 2.57. The number of benzene rings is 2. The summed E-state index contributed by atoms with van der Waals surface area (Å²) in [7, 11) is -2.77. The van der Waals surface area contributed by atoms with Gasteiger partial charge in [-0.05, 0) is 37.6 Å². The highest BCUT2D eigenvalue weighted by Gasteiger charge is 2.32. The van der Waals surface area contributed by atoms with Gasteiger partial charge in [-0.2, -0.15) is 17.9 Å². The Morgan fingerprint density at radius 2 is 1.75 bits per heavy atom. The number of likely N-dealkylation sites (N-methyl/N-ethyl adjacent to an activating group) is 1. The summed E-state index contributed by atoms with van der Waals surface area (Å²) in [6.45, 7) is 3.55. The van der Waals surface area contributed by atoms with Gasteiger partial charge < -0.3 is 4.90 Å². The number of rotatable bonds is 6. The van der Waals surface area contributed by atoms with Crippen molar-refractivity contribution in [2.45, 2.75) is 37.5 Å². The van der Waals surface area contributed by atoms with Gasteiger partial charge in [-0.1, -0.05) is 35.9 Å². The van der Waals surface area contributed by atoms with Gasteiger partial charge in [-0.25, -0.2) is 8.42 Å². The normalized spacial score (nSPS) is 13.2. The Balaban J connectivity index is 2.10. The van der Waals surface area contributed by atoms with Crippen molar-refractivity contribution in [2.75, 3.05) is 7.05 Å². The van der Waals surface area contributed by atoms with Crippen molar-refractivity contribution in [2.24, 2.45) is 0 Å². The third-order valence-corrected chi connectivity index (χ3v) is 5.63. The van der Waals surface area contributed by atoms with E-state index in [-0.39, 0.29) is 6.54 Å². The minimum Gasteiger partial charge on any atom is -0.340 e. The summed E-state index contributed by atoms with van der Waals surface area (Å²) in [6, 6.07) is 9.74. The molecule has 0 aromatic heterocycles. The van der Waals surface area contributed by atoms with Gasteiger partial charge in [-0.15, -0.1) is 0 Å². The molecule has 152 valence electrons. The van der Waals surface area contributed by atoms with E-state index in [0.29, 0.717) is 6.07 Å². The molecule has 28 heavy (non-hydrogen) atoms. The molecule has 0 fully saturated rings. The summed E-state index contributed by atoms with van der Waals surface area (Å²) < 4.78 is 65.4. The van der Waals surface area contributed by atoms with Crippen LogP contribution in [0.3, 0.4) is 0 Å². The minimum absolute atomic E-state index is 0.273. The molecule has 2 rings (SSSR count). The van der Waals surface area contributed by atoms with Gasteiger partial charge in [-0.3, -0.25) is 4.79 Å². The number of alkyl halides is 3. The zero-order chi connectivity index (χ0) is 21.1. The number of halogens is 3. The smallest absolute Gasteiger partial charge is 0.340 e. The van der Waals surface area contributed by atoms with Crippen LogP contribution in [0.5, 0.6) is 0 Å². The van der Waals surface area contributed by atoms with E-state index in [4.69, 9.17) is 0 Å². The minimum atomic E-state index is -4.67. The van der Waals surface area contributed by atoms with Crippen LogP contribution in [0.4, 0.5) is 13.2 Å². The number of carbonyl (C=O) groups excluding carboxylic acids is 1. The van der Waals surface area contributed by atoms with Gasteiger partial charge in [0.25, 0.3) is 0 Å². The quantitative estimate of drug-likeness (QED) is 0.789. The van der Waals surface area contributed by atoms with Crippen LogP contribution in [0.1, 0.15) is 23.6 Å². The van der Waals surface area contributed by atoms with Gasteiger partial charge in [0, 0.05) is 13.6 Å². The van der Waals surface area contributed by atoms with Crippen LogP contribution in [0.15, 0.2) is 53.4 Å². The number of nitrogens with zero attached hydrogens (tertiary/aromatic N) is 1. The lowest BCUT2D eigenvalue weighted by molar-refractivity contribution is -0.137. The molecule has 2 aromatic carbocycles. The second-order valence-electron chi connectivity index (χ2n) is 6.55. The molecule has 0 aliphatic carbocycles. The second kappa shape index (κ2) is 8.32. The SMILES string of the molecule is Cc1ccc(CN(C)C(=O)C(C)NS(=O)(=O)c2cccc(C(F)(F)F)c2)cc1. The van der Waals surface area contributed by atoms with Crippen LogP contribution in [-0.4, -0.2) is 32.3 Å². The standard InChI is InChI=1S/C19H21F3N2O3S/c1-13-7-9-15(10-8-13)12-24(3)18(25)14(2)23-28(26,27)17-6-4-5-16(11-17)19(20,21)22/h4-11,14,23H,12H2,1-3H3. The molecular weight excluding hydrogens is 393 g/mol.